The van der Waals surface area contributed by atoms with Gasteiger partial charge < -0.3 is 0 Å². The van der Waals surface area contributed by atoms with E-state index in [1.165, 1.54) is 83.5 Å². The fourth-order valence-electron chi connectivity index (χ4n) is 2.15. The molecule has 0 N–H and O–H groups in total. The summed E-state index contributed by atoms with van der Waals surface area (Å²) in [4.78, 5) is 0. The van der Waals surface area contributed by atoms with Gasteiger partial charge in [0.2, 0.25) is 0 Å². The minimum Gasteiger partial charge on any atom is -0.0651 e. The van der Waals surface area contributed by atoms with E-state index in [2.05, 4.69) is 62.3 Å². The third kappa shape index (κ3) is 48.1. The molecule has 0 amide bonds. The average molecular weight is 435 g/mol. The van der Waals surface area contributed by atoms with Gasteiger partial charge in [-0.25, -0.2) is 0 Å². The Morgan fingerprint density at radius 1 is 0.355 bits per heavy atom. The first kappa shape index (κ1) is 34.8. The Hall–Kier alpha value is -0.780. The lowest BCUT2D eigenvalue weighted by atomic mass is 10.2. The molecular weight excluding hydrogens is 372 g/mol. The highest BCUT2D eigenvalue weighted by atomic mass is 14.0. The summed E-state index contributed by atoms with van der Waals surface area (Å²) in [5, 5.41) is 0. The van der Waals surface area contributed by atoms with Crippen molar-refractivity contribution in [1.29, 1.82) is 0 Å². The summed E-state index contributed by atoms with van der Waals surface area (Å²) in [6, 6.07) is 12.0. The minimum absolute atomic E-state index is 0.884. The maximum absolute atomic E-state index is 2.22. The zero-order chi connectivity index (χ0) is 24.2. The second kappa shape index (κ2) is 31.4. The quantitative estimate of drug-likeness (QED) is 0.443. The van der Waals surface area contributed by atoms with Crippen LogP contribution in [0.3, 0.4) is 0 Å². The van der Waals surface area contributed by atoms with Gasteiger partial charge in [0, 0.05) is 0 Å². The van der Waals surface area contributed by atoms with Crippen LogP contribution in [0.15, 0.2) is 36.4 Å². The molecule has 0 saturated heterocycles. The number of hydrogen-bond donors (Lipinski definition) is 0. The van der Waals surface area contributed by atoms with Crippen LogP contribution in [0.25, 0.3) is 0 Å². The van der Waals surface area contributed by atoms with Crippen LogP contribution in [0, 0.1) is 17.8 Å². The maximum atomic E-state index is 2.22. The first-order chi connectivity index (χ1) is 14.8. The normalized spacial score (nSPS) is 13.9. The van der Waals surface area contributed by atoms with E-state index < -0.39 is 0 Å². The van der Waals surface area contributed by atoms with E-state index in [1.807, 2.05) is 36.4 Å². The Kier molecular flexibility index (Phi) is 35.3. The molecule has 0 nitrogen and oxygen atoms in total. The highest BCUT2D eigenvalue weighted by Gasteiger charge is 1.95. The number of hydrogen-bond acceptors (Lipinski definition) is 0. The zero-order valence-electron chi connectivity index (χ0n) is 23.4. The van der Waals surface area contributed by atoms with Crippen molar-refractivity contribution < 1.29 is 0 Å². The molecule has 1 aromatic carbocycles. The summed E-state index contributed by atoms with van der Waals surface area (Å²) < 4.78 is 0. The molecular formula is C31H62. The summed E-state index contributed by atoms with van der Waals surface area (Å²) in [6.07, 6.45) is 18.9. The van der Waals surface area contributed by atoms with Crippen LogP contribution in [0.1, 0.15) is 146 Å². The summed E-state index contributed by atoms with van der Waals surface area (Å²) in [5.74, 6) is 2.65. The first-order valence-corrected chi connectivity index (χ1v) is 13.8. The van der Waals surface area contributed by atoms with Gasteiger partial charge in [0.1, 0.15) is 0 Å². The van der Waals surface area contributed by atoms with Gasteiger partial charge >= 0.3 is 0 Å². The van der Waals surface area contributed by atoms with Gasteiger partial charge in [0.05, 0.1) is 0 Å². The fourth-order valence-corrected chi connectivity index (χ4v) is 2.15. The van der Waals surface area contributed by atoms with E-state index in [1.54, 1.807) is 0 Å². The van der Waals surface area contributed by atoms with E-state index in [9.17, 15) is 0 Å². The Balaban J connectivity index is -0.000000304. The van der Waals surface area contributed by atoms with Crippen molar-refractivity contribution in [2.75, 3.05) is 0 Å². The molecule has 0 aromatic heterocycles. The predicted octanol–water partition coefficient (Wildman–Crippen LogP) is 11.7. The van der Waals surface area contributed by atoms with Gasteiger partial charge in [-0.05, 0) is 17.8 Å². The molecule has 0 radical (unpaired) electrons. The van der Waals surface area contributed by atoms with Crippen molar-refractivity contribution in [3.8, 4) is 0 Å². The summed E-state index contributed by atoms with van der Waals surface area (Å²) in [6.45, 7) is 19.9. The van der Waals surface area contributed by atoms with E-state index in [0.29, 0.717) is 0 Å². The highest BCUT2D eigenvalue weighted by Crippen LogP contribution is 2.15. The monoisotopic (exact) mass is 434 g/mol. The van der Waals surface area contributed by atoms with Gasteiger partial charge in [-0.3, -0.25) is 0 Å². The topological polar surface area (TPSA) is 0 Å². The Morgan fingerprint density at radius 2 is 0.452 bits per heavy atom. The Morgan fingerprint density at radius 3 is 0.516 bits per heavy atom. The van der Waals surface area contributed by atoms with Crippen molar-refractivity contribution in [3.05, 3.63) is 36.4 Å². The van der Waals surface area contributed by atoms with Crippen LogP contribution in [0.5, 0.6) is 0 Å². The Labute approximate surface area is 200 Å². The average Bonchev–Trinajstić information content (AvgIpc) is 3.55. The molecule has 2 fully saturated rings. The van der Waals surface area contributed by atoms with Crippen molar-refractivity contribution >= 4 is 0 Å². The lowest BCUT2D eigenvalue weighted by Gasteiger charge is -1.90. The van der Waals surface area contributed by atoms with Crippen LogP contribution in [-0.2, 0) is 0 Å². The summed E-state index contributed by atoms with van der Waals surface area (Å²) in [5.41, 5.74) is 0. The maximum Gasteiger partial charge on any atom is -0.0474 e. The second-order valence-electron chi connectivity index (χ2n) is 10.1. The van der Waals surface area contributed by atoms with Crippen molar-refractivity contribution in [3.63, 3.8) is 0 Å². The molecule has 0 aliphatic heterocycles. The minimum atomic E-state index is 0.884. The van der Waals surface area contributed by atoms with Gasteiger partial charge in [-0.15, -0.1) is 0 Å². The van der Waals surface area contributed by atoms with E-state index in [-0.39, 0.29) is 0 Å². The van der Waals surface area contributed by atoms with Gasteiger partial charge in [-0.2, -0.15) is 0 Å². The van der Waals surface area contributed by atoms with Gasteiger partial charge in [-0.1, -0.05) is 182 Å². The van der Waals surface area contributed by atoms with E-state index in [4.69, 9.17) is 0 Å². The molecule has 31 heavy (non-hydrogen) atoms. The molecule has 2 saturated carbocycles. The molecule has 3 rings (SSSR count). The smallest absolute Gasteiger partial charge is 0.0474 e. The SMILES string of the molecule is C1CCCC1.C1CCCC1.CCC(C)C.CCC(C)C.CCC(C)C.c1ccccc1. The standard InChI is InChI=1S/C6H6.2C5H10.3C5H12/c1-2-4-6-5-3-1;2*1-2-4-5-3-1;3*1-4-5(2)3/h1-6H;2*1-5H2;3*5H,4H2,1-3H3. The molecule has 0 spiro atoms. The molecule has 0 heterocycles. The third-order valence-corrected chi connectivity index (χ3v) is 5.62. The van der Waals surface area contributed by atoms with Crippen molar-refractivity contribution in [2.24, 2.45) is 17.8 Å². The first-order valence-electron chi connectivity index (χ1n) is 13.8. The van der Waals surface area contributed by atoms with Crippen LogP contribution in [0.4, 0.5) is 0 Å². The van der Waals surface area contributed by atoms with Crippen molar-refractivity contribution in [1.82, 2.24) is 0 Å². The summed E-state index contributed by atoms with van der Waals surface area (Å²) >= 11 is 0. The van der Waals surface area contributed by atoms with Crippen LogP contribution in [-0.4, -0.2) is 0 Å². The lowest BCUT2D eigenvalue weighted by molar-refractivity contribution is 0.626. The lowest BCUT2D eigenvalue weighted by Crippen LogP contribution is -1.77. The van der Waals surface area contributed by atoms with E-state index in [0.717, 1.165) is 17.8 Å². The molecule has 0 unspecified atom stereocenters. The number of benzene rings is 1. The van der Waals surface area contributed by atoms with Crippen LogP contribution >= 0.6 is 0 Å². The Bertz CT molecular complexity index is 284. The van der Waals surface area contributed by atoms with Crippen LogP contribution < -0.4 is 0 Å². The molecule has 0 bridgehead atoms. The molecule has 186 valence electrons. The summed E-state index contributed by atoms with van der Waals surface area (Å²) in [7, 11) is 0. The molecule has 0 atom stereocenters. The van der Waals surface area contributed by atoms with Crippen molar-refractivity contribution in [2.45, 2.75) is 146 Å². The second-order valence-corrected chi connectivity index (χ2v) is 10.1. The molecule has 1 aromatic rings. The fraction of sp³-hybridized carbons (Fsp3) is 0.806. The largest absolute Gasteiger partial charge is 0.0651 e. The predicted molar refractivity (Wildman–Crippen MR) is 148 cm³/mol. The third-order valence-electron chi connectivity index (χ3n) is 5.62. The zero-order valence-corrected chi connectivity index (χ0v) is 23.4. The van der Waals surface area contributed by atoms with Gasteiger partial charge in [0.25, 0.3) is 0 Å². The molecule has 2 aliphatic carbocycles. The molecule has 0 heteroatoms. The van der Waals surface area contributed by atoms with Gasteiger partial charge in [0.15, 0.2) is 0 Å². The molecule has 2 aliphatic rings. The number of rotatable bonds is 3. The van der Waals surface area contributed by atoms with Crippen LogP contribution in [0.2, 0.25) is 0 Å². The highest BCUT2D eigenvalue weighted by molar-refractivity contribution is 4.99. The van der Waals surface area contributed by atoms with E-state index >= 15 is 0 Å².